The van der Waals surface area contributed by atoms with Crippen molar-refractivity contribution in [1.82, 2.24) is 10.3 Å². The Bertz CT molecular complexity index is 436. The first-order chi connectivity index (χ1) is 9.63. The second kappa shape index (κ2) is 8.27. The summed E-state index contributed by atoms with van der Waals surface area (Å²) in [5, 5.41) is 2.66. The molecule has 20 heavy (non-hydrogen) atoms. The average Bonchev–Trinajstić information content (AvgIpc) is 2.50. The highest BCUT2D eigenvalue weighted by Gasteiger charge is 2.30. The fraction of sp³-hybridized carbons (Fsp3) is 0.500. The zero-order valence-corrected chi connectivity index (χ0v) is 12.0. The summed E-state index contributed by atoms with van der Waals surface area (Å²) in [6, 6.07) is 4.26. The van der Waals surface area contributed by atoms with Crippen molar-refractivity contribution in [3.63, 3.8) is 0 Å². The number of esters is 1. The van der Waals surface area contributed by atoms with E-state index in [0.29, 0.717) is 13.0 Å². The van der Waals surface area contributed by atoms with E-state index in [1.807, 2.05) is 6.92 Å². The van der Waals surface area contributed by atoms with E-state index in [0.717, 1.165) is 0 Å². The number of nitrogens with one attached hydrogen (secondary N) is 1. The summed E-state index contributed by atoms with van der Waals surface area (Å²) in [5.41, 5.74) is 0.258. The van der Waals surface area contributed by atoms with Gasteiger partial charge < -0.3 is 14.8 Å². The second-order valence-electron chi connectivity index (χ2n) is 4.31. The van der Waals surface area contributed by atoms with Gasteiger partial charge in [0.1, 0.15) is 11.7 Å². The number of hydrogen-bond acceptors (Lipinski definition) is 5. The topological polar surface area (TPSA) is 77.5 Å². The van der Waals surface area contributed by atoms with E-state index >= 15 is 0 Å². The second-order valence-corrected chi connectivity index (χ2v) is 4.31. The normalized spacial score (nSPS) is 13.3. The number of rotatable bonds is 7. The molecule has 0 fully saturated rings. The lowest BCUT2D eigenvalue weighted by atomic mass is 9.97. The Labute approximate surface area is 118 Å². The standard InChI is InChI=1S/C14H20N2O4/c1-4-10(9-19-2)12(14(18)20-3)16-13(17)11-7-5-6-8-15-11/h5-8,10,12H,4,9H2,1-3H3,(H,16,17)/t10-,12+/m1/s1. The highest BCUT2D eigenvalue weighted by molar-refractivity contribution is 5.95. The van der Waals surface area contributed by atoms with Crippen LogP contribution >= 0.6 is 0 Å². The molecule has 0 saturated heterocycles. The smallest absolute Gasteiger partial charge is 0.328 e. The lowest BCUT2D eigenvalue weighted by molar-refractivity contribution is -0.145. The van der Waals surface area contributed by atoms with E-state index in [1.54, 1.807) is 25.3 Å². The predicted octanol–water partition coefficient (Wildman–Crippen LogP) is 1.03. The molecule has 110 valence electrons. The summed E-state index contributed by atoms with van der Waals surface area (Å²) in [5.74, 6) is -1.05. The van der Waals surface area contributed by atoms with Crippen LogP contribution in [-0.2, 0) is 14.3 Å². The monoisotopic (exact) mass is 280 g/mol. The van der Waals surface area contributed by atoms with Gasteiger partial charge in [0.2, 0.25) is 0 Å². The van der Waals surface area contributed by atoms with Crippen LogP contribution in [0.4, 0.5) is 0 Å². The Hall–Kier alpha value is -1.95. The molecule has 1 aromatic heterocycles. The Balaban J connectivity index is 2.84. The quantitative estimate of drug-likeness (QED) is 0.755. The number of carbonyl (C=O) groups is 2. The fourth-order valence-electron chi connectivity index (χ4n) is 1.87. The van der Waals surface area contributed by atoms with Crippen LogP contribution in [-0.4, -0.2) is 43.7 Å². The van der Waals surface area contributed by atoms with Gasteiger partial charge in [0, 0.05) is 19.2 Å². The summed E-state index contributed by atoms with van der Waals surface area (Å²) in [7, 11) is 2.85. The summed E-state index contributed by atoms with van der Waals surface area (Å²) < 4.78 is 9.83. The summed E-state index contributed by atoms with van der Waals surface area (Å²) in [6.45, 7) is 2.28. The maximum absolute atomic E-state index is 12.1. The molecule has 1 rings (SSSR count). The van der Waals surface area contributed by atoms with Gasteiger partial charge in [0.15, 0.2) is 0 Å². The van der Waals surface area contributed by atoms with Gasteiger partial charge in [-0.15, -0.1) is 0 Å². The number of hydrogen-bond donors (Lipinski definition) is 1. The first-order valence-electron chi connectivity index (χ1n) is 6.42. The zero-order valence-electron chi connectivity index (χ0n) is 12.0. The third kappa shape index (κ3) is 4.31. The number of amides is 1. The van der Waals surface area contributed by atoms with Crippen molar-refractivity contribution in [2.24, 2.45) is 5.92 Å². The van der Waals surface area contributed by atoms with E-state index in [9.17, 15) is 9.59 Å². The average molecular weight is 280 g/mol. The lowest BCUT2D eigenvalue weighted by Crippen LogP contribution is -2.48. The minimum Gasteiger partial charge on any atom is -0.467 e. The van der Waals surface area contributed by atoms with Gasteiger partial charge in [-0.1, -0.05) is 13.0 Å². The first-order valence-corrected chi connectivity index (χ1v) is 6.42. The van der Waals surface area contributed by atoms with E-state index in [1.165, 1.54) is 13.3 Å². The molecule has 0 saturated carbocycles. The van der Waals surface area contributed by atoms with E-state index in [4.69, 9.17) is 9.47 Å². The summed E-state index contributed by atoms with van der Waals surface area (Å²) in [6.07, 6.45) is 2.20. The van der Waals surface area contributed by atoms with Crippen LogP contribution in [0, 0.1) is 5.92 Å². The molecule has 0 aliphatic rings. The SMILES string of the molecule is CC[C@H](COC)[C@H](NC(=O)c1ccccn1)C(=O)OC. The third-order valence-electron chi connectivity index (χ3n) is 3.02. The molecule has 0 bridgehead atoms. The van der Waals surface area contributed by atoms with Crippen LogP contribution in [0.15, 0.2) is 24.4 Å². The Morgan fingerprint density at radius 2 is 2.10 bits per heavy atom. The number of pyridine rings is 1. The van der Waals surface area contributed by atoms with Crippen molar-refractivity contribution in [3.8, 4) is 0 Å². The van der Waals surface area contributed by atoms with Crippen molar-refractivity contribution in [2.75, 3.05) is 20.8 Å². The molecule has 1 aromatic rings. The number of ether oxygens (including phenoxy) is 2. The molecule has 0 aromatic carbocycles. The highest BCUT2D eigenvalue weighted by atomic mass is 16.5. The van der Waals surface area contributed by atoms with Gasteiger partial charge >= 0.3 is 5.97 Å². The first kappa shape index (κ1) is 16.1. The van der Waals surface area contributed by atoms with Crippen LogP contribution < -0.4 is 5.32 Å². The van der Waals surface area contributed by atoms with Gasteiger partial charge in [-0.2, -0.15) is 0 Å². The molecule has 1 heterocycles. The Morgan fingerprint density at radius 3 is 2.60 bits per heavy atom. The summed E-state index contributed by atoms with van der Waals surface area (Å²) >= 11 is 0. The van der Waals surface area contributed by atoms with Crippen molar-refractivity contribution in [2.45, 2.75) is 19.4 Å². The van der Waals surface area contributed by atoms with Crippen molar-refractivity contribution in [3.05, 3.63) is 30.1 Å². The molecule has 0 spiro atoms. The van der Waals surface area contributed by atoms with Crippen LogP contribution in [0.25, 0.3) is 0 Å². The predicted molar refractivity (Wildman–Crippen MR) is 73.2 cm³/mol. The van der Waals surface area contributed by atoms with Crippen LogP contribution in [0.5, 0.6) is 0 Å². The summed E-state index contributed by atoms with van der Waals surface area (Å²) in [4.78, 5) is 27.9. The number of nitrogens with zero attached hydrogens (tertiary/aromatic N) is 1. The number of carbonyl (C=O) groups excluding carboxylic acids is 2. The van der Waals surface area contributed by atoms with E-state index in [2.05, 4.69) is 10.3 Å². The molecular formula is C14H20N2O4. The molecule has 1 amide bonds. The fourth-order valence-corrected chi connectivity index (χ4v) is 1.87. The molecule has 6 nitrogen and oxygen atoms in total. The maximum atomic E-state index is 12.1. The highest BCUT2D eigenvalue weighted by Crippen LogP contribution is 2.12. The van der Waals surface area contributed by atoms with Gasteiger partial charge in [0.05, 0.1) is 13.7 Å². The van der Waals surface area contributed by atoms with Crippen LogP contribution in [0.3, 0.4) is 0 Å². The van der Waals surface area contributed by atoms with Gasteiger partial charge in [-0.3, -0.25) is 9.78 Å². The van der Waals surface area contributed by atoms with Crippen molar-refractivity contribution in [1.29, 1.82) is 0 Å². The van der Waals surface area contributed by atoms with Gasteiger partial charge in [0.25, 0.3) is 5.91 Å². The largest absolute Gasteiger partial charge is 0.467 e. The molecule has 0 unspecified atom stereocenters. The maximum Gasteiger partial charge on any atom is 0.328 e. The van der Waals surface area contributed by atoms with Gasteiger partial charge in [-0.05, 0) is 18.6 Å². The molecule has 2 atom stereocenters. The molecule has 0 aliphatic carbocycles. The molecule has 0 aliphatic heterocycles. The minimum absolute atomic E-state index is 0.153. The Kier molecular flexibility index (Phi) is 6.66. The van der Waals surface area contributed by atoms with Gasteiger partial charge in [-0.25, -0.2) is 4.79 Å². The molecule has 6 heteroatoms. The lowest BCUT2D eigenvalue weighted by Gasteiger charge is -2.24. The van der Waals surface area contributed by atoms with Crippen molar-refractivity contribution < 1.29 is 19.1 Å². The van der Waals surface area contributed by atoms with Crippen LogP contribution in [0.2, 0.25) is 0 Å². The zero-order chi connectivity index (χ0) is 15.0. The third-order valence-corrected chi connectivity index (χ3v) is 3.02. The minimum atomic E-state index is -0.751. The van der Waals surface area contributed by atoms with Crippen molar-refractivity contribution >= 4 is 11.9 Å². The molecular weight excluding hydrogens is 260 g/mol. The van der Waals surface area contributed by atoms with E-state index in [-0.39, 0.29) is 11.6 Å². The Morgan fingerprint density at radius 1 is 1.35 bits per heavy atom. The molecule has 0 radical (unpaired) electrons. The van der Waals surface area contributed by atoms with E-state index < -0.39 is 17.9 Å². The number of methoxy groups -OCH3 is 2. The van der Waals surface area contributed by atoms with Crippen LogP contribution in [0.1, 0.15) is 23.8 Å². The number of aromatic nitrogens is 1. The molecule has 1 N–H and O–H groups in total.